The standard InChI is InChI=1S/C21H29N3O3/c1-12(2)16-7-9-17(10-8-16)19(13(3)4)21(26)22-15(6)20(25)23-18-11-14(5)27-24-18/h7-13,15,19H,1-6H3,(H,22,26)(H,23,24,25)/t15-,19?/m0/s1. The fraction of sp³-hybridized carbons (Fsp3) is 0.476. The molecule has 2 amide bonds. The second-order valence-electron chi connectivity index (χ2n) is 7.59. The van der Waals surface area contributed by atoms with Gasteiger partial charge >= 0.3 is 0 Å². The summed E-state index contributed by atoms with van der Waals surface area (Å²) >= 11 is 0. The van der Waals surface area contributed by atoms with Crippen molar-refractivity contribution in [2.24, 2.45) is 5.92 Å². The van der Waals surface area contributed by atoms with Crippen LogP contribution in [-0.4, -0.2) is 23.0 Å². The third-order valence-corrected chi connectivity index (χ3v) is 4.54. The van der Waals surface area contributed by atoms with E-state index in [0.717, 1.165) is 5.56 Å². The number of amides is 2. The molecule has 0 fully saturated rings. The molecule has 0 saturated carbocycles. The maximum absolute atomic E-state index is 12.9. The average Bonchev–Trinajstić information content (AvgIpc) is 2.99. The zero-order valence-corrected chi connectivity index (χ0v) is 16.9. The van der Waals surface area contributed by atoms with Gasteiger partial charge in [0.15, 0.2) is 5.82 Å². The van der Waals surface area contributed by atoms with Gasteiger partial charge in [-0.2, -0.15) is 0 Å². The summed E-state index contributed by atoms with van der Waals surface area (Å²) in [5.74, 6) is 0.652. The third kappa shape index (κ3) is 5.42. The summed E-state index contributed by atoms with van der Waals surface area (Å²) in [7, 11) is 0. The molecule has 0 aliphatic carbocycles. The van der Waals surface area contributed by atoms with Crippen molar-refractivity contribution in [2.45, 2.75) is 59.4 Å². The summed E-state index contributed by atoms with van der Waals surface area (Å²) in [4.78, 5) is 25.1. The van der Waals surface area contributed by atoms with Crippen molar-refractivity contribution in [3.8, 4) is 0 Å². The van der Waals surface area contributed by atoms with Gasteiger partial charge in [0.25, 0.3) is 0 Å². The number of hydrogen-bond acceptors (Lipinski definition) is 4. The molecule has 2 atom stereocenters. The fourth-order valence-electron chi connectivity index (χ4n) is 2.96. The highest BCUT2D eigenvalue weighted by atomic mass is 16.5. The Morgan fingerprint density at radius 1 is 0.963 bits per heavy atom. The first-order valence-corrected chi connectivity index (χ1v) is 9.33. The van der Waals surface area contributed by atoms with E-state index in [-0.39, 0.29) is 23.7 Å². The second-order valence-corrected chi connectivity index (χ2v) is 7.59. The first-order valence-electron chi connectivity index (χ1n) is 9.33. The van der Waals surface area contributed by atoms with Gasteiger partial charge in [-0.15, -0.1) is 0 Å². The predicted molar refractivity (Wildman–Crippen MR) is 106 cm³/mol. The normalized spacial score (nSPS) is 13.5. The molecule has 0 aliphatic heterocycles. The topological polar surface area (TPSA) is 84.2 Å². The van der Waals surface area contributed by atoms with Crippen molar-refractivity contribution in [1.29, 1.82) is 0 Å². The lowest BCUT2D eigenvalue weighted by Gasteiger charge is -2.23. The van der Waals surface area contributed by atoms with Crippen molar-refractivity contribution in [3.63, 3.8) is 0 Å². The largest absolute Gasteiger partial charge is 0.360 e. The number of carbonyl (C=O) groups excluding carboxylic acids is 2. The highest BCUT2D eigenvalue weighted by Gasteiger charge is 2.27. The molecule has 2 N–H and O–H groups in total. The lowest BCUT2D eigenvalue weighted by atomic mass is 9.86. The SMILES string of the molecule is Cc1cc(NC(=O)[C@H](C)NC(=O)C(c2ccc(C(C)C)cc2)C(C)C)no1. The summed E-state index contributed by atoms with van der Waals surface area (Å²) in [6.45, 7) is 11.7. The van der Waals surface area contributed by atoms with Gasteiger partial charge in [-0.1, -0.05) is 57.1 Å². The van der Waals surface area contributed by atoms with Gasteiger partial charge in [-0.05, 0) is 36.8 Å². The van der Waals surface area contributed by atoms with E-state index in [4.69, 9.17) is 4.52 Å². The third-order valence-electron chi connectivity index (χ3n) is 4.54. The van der Waals surface area contributed by atoms with E-state index in [9.17, 15) is 9.59 Å². The van der Waals surface area contributed by atoms with E-state index >= 15 is 0 Å². The quantitative estimate of drug-likeness (QED) is 0.771. The van der Waals surface area contributed by atoms with Crippen molar-refractivity contribution >= 4 is 17.6 Å². The van der Waals surface area contributed by atoms with E-state index < -0.39 is 6.04 Å². The Morgan fingerprint density at radius 2 is 1.56 bits per heavy atom. The Hall–Kier alpha value is -2.63. The lowest BCUT2D eigenvalue weighted by Crippen LogP contribution is -2.44. The van der Waals surface area contributed by atoms with Crippen LogP contribution in [0.3, 0.4) is 0 Å². The highest BCUT2D eigenvalue weighted by Crippen LogP contribution is 2.26. The van der Waals surface area contributed by atoms with Crippen LogP contribution in [-0.2, 0) is 9.59 Å². The van der Waals surface area contributed by atoms with Gasteiger partial charge in [-0.3, -0.25) is 9.59 Å². The second kappa shape index (κ2) is 8.84. The number of anilines is 1. The molecule has 0 bridgehead atoms. The number of hydrogen-bond donors (Lipinski definition) is 2. The molecule has 2 aromatic rings. The summed E-state index contributed by atoms with van der Waals surface area (Å²) in [6, 6.07) is 9.06. The number of carbonyl (C=O) groups is 2. The summed E-state index contributed by atoms with van der Waals surface area (Å²) in [5, 5.41) is 9.18. The van der Waals surface area contributed by atoms with E-state index in [1.54, 1.807) is 19.9 Å². The molecule has 0 spiro atoms. The van der Waals surface area contributed by atoms with Crippen LogP contribution in [0.1, 0.15) is 63.3 Å². The number of benzene rings is 1. The molecule has 1 aromatic heterocycles. The fourth-order valence-corrected chi connectivity index (χ4v) is 2.96. The van der Waals surface area contributed by atoms with Crippen molar-refractivity contribution in [3.05, 3.63) is 47.2 Å². The molecular weight excluding hydrogens is 342 g/mol. The van der Waals surface area contributed by atoms with Gasteiger partial charge in [0.2, 0.25) is 11.8 Å². The minimum Gasteiger partial charge on any atom is -0.360 e. The number of nitrogens with one attached hydrogen (secondary N) is 2. The zero-order valence-electron chi connectivity index (χ0n) is 16.9. The van der Waals surface area contributed by atoms with E-state index in [0.29, 0.717) is 17.5 Å². The Kier molecular flexibility index (Phi) is 6.77. The van der Waals surface area contributed by atoms with E-state index in [1.807, 2.05) is 26.0 Å². The van der Waals surface area contributed by atoms with Crippen LogP contribution in [0.2, 0.25) is 0 Å². The van der Waals surface area contributed by atoms with Gasteiger partial charge < -0.3 is 15.2 Å². The van der Waals surface area contributed by atoms with Gasteiger partial charge in [0.1, 0.15) is 11.8 Å². The number of aryl methyl sites for hydroxylation is 1. The Bertz CT molecular complexity index is 778. The van der Waals surface area contributed by atoms with Gasteiger partial charge in [0.05, 0.1) is 5.92 Å². The van der Waals surface area contributed by atoms with Crippen LogP contribution in [0.15, 0.2) is 34.9 Å². The summed E-state index contributed by atoms with van der Waals surface area (Å²) in [5.41, 5.74) is 2.18. The van der Waals surface area contributed by atoms with Gasteiger partial charge in [-0.25, -0.2) is 0 Å². The first kappa shape index (κ1) is 20.7. The van der Waals surface area contributed by atoms with Crippen LogP contribution in [0, 0.1) is 12.8 Å². The Labute approximate surface area is 160 Å². The molecule has 6 nitrogen and oxygen atoms in total. The molecule has 6 heteroatoms. The molecule has 27 heavy (non-hydrogen) atoms. The van der Waals surface area contributed by atoms with Crippen molar-refractivity contribution in [2.75, 3.05) is 5.32 Å². The van der Waals surface area contributed by atoms with Crippen molar-refractivity contribution in [1.82, 2.24) is 10.5 Å². The monoisotopic (exact) mass is 371 g/mol. The maximum Gasteiger partial charge on any atom is 0.247 e. The van der Waals surface area contributed by atoms with Gasteiger partial charge in [0, 0.05) is 6.07 Å². The van der Waals surface area contributed by atoms with E-state index in [2.05, 4.69) is 41.8 Å². The first-order chi connectivity index (χ1) is 12.7. The molecule has 146 valence electrons. The maximum atomic E-state index is 12.9. The summed E-state index contributed by atoms with van der Waals surface area (Å²) < 4.78 is 4.93. The minimum atomic E-state index is -0.689. The van der Waals surface area contributed by atoms with Crippen molar-refractivity contribution < 1.29 is 14.1 Å². The number of aromatic nitrogens is 1. The Balaban J connectivity index is 2.06. The molecule has 0 saturated heterocycles. The van der Waals surface area contributed by atoms with Crippen LogP contribution in [0.5, 0.6) is 0 Å². The average molecular weight is 371 g/mol. The molecule has 2 rings (SSSR count). The predicted octanol–water partition coefficient (Wildman–Crippen LogP) is 3.99. The summed E-state index contributed by atoms with van der Waals surface area (Å²) in [6.07, 6.45) is 0. The highest BCUT2D eigenvalue weighted by molar-refractivity contribution is 5.97. The Morgan fingerprint density at radius 3 is 2.04 bits per heavy atom. The molecule has 1 unspecified atom stereocenters. The van der Waals surface area contributed by atoms with Crippen LogP contribution in [0.4, 0.5) is 5.82 Å². The molecule has 1 aromatic carbocycles. The number of rotatable bonds is 7. The zero-order chi connectivity index (χ0) is 20.1. The number of nitrogens with zero attached hydrogens (tertiary/aromatic N) is 1. The molecular formula is C21H29N3O3. The minimum absolute atomic E-state index is 0.100. The molecule has 0 aliphatic rings. The smallest absolute Gasteiger partial charge is 0.247 e. The van der Waals surface area contributed by atoms with Crippen LogP contribution in [0.25, 0.3) is 0 Å². The van der Waals surface area contributed by atoms with Crippen LogP contribution < -0.4 is 10.6 Å². The lowest BCUT2D eigenvalue weighted by molar-refractivity contribution is -0.127. The van der Waals surface area contributed by atoms with Crippen LogP contribution >= 0.6 is 0 Å². The molecule has 1 heterocycles. The van der Waals surface area contributed by atoms with E-state index in [1.165, 1.54) is 5.56 Å². The molecule has 0 radical (unpaired) electrons.